The fraction of sp³-hybridized carbons (Fsp3) is 0.600. The third kappa shape index (κ3) is 3.50. The topological polar surface area (TPSA) is 32.5 Å². The quantitative estimate of drug-likeness (QED) is 0.927. The van der Waals surface area contributed by atoms with Crippen molar-refractivity contribution < 1.29 is 0 Å². The average molecular weight is 326 g/mol. The van der Waals surface area contributed by atoms with E-state index in [0.29, 0.717) is 0 Å². The molecule has 1 saturated heterocycles. The number of anilines is 1. The fourth-order valence-electron chi connectivity index (χ4n) is 2.69. The van der Waals surface area contributed by atoms with Crippen LogP contribution in [0.4, 0.5) is 5.69 Å². The average Bonchev–Trinajstić information content (AvgIpc) is 2.38. The maximum atomic E-state index is 5.92. The van der Waals surface area contributed by atoms with Gasteiger partial charge in [0.1, 0.15) is 0 Å². The molecule has 0 radical (unpaired) electrons. The molecule has 0 amide bonds. The van der Waals surface area contributed by atoms with Crippen LogP contribution in [-0.2, 0) is 0 Å². The highest BCUT2D eigenvalue weighted by atomic mass is 79.9. The summed E-state index contributed by atoms with van der Waals surface area (Å²) in [5.74, 6) is 0. The summed E-state index contributed by atoms with van der Waals surface area (Å²) in [4.78, 5) is 4.81. The van der Waals surface area contributed by atoms with Gasteiger partial charge in [0, 0.05) is 29.6 Å². The lowest BCUT2D eigenvalue weighted by Crippen LogP contribution is -2.42. The minimum atomic E-state index is 0.0878. The van der Waals surface area contributed by atoms with Crippen LogP contribution in [0.2, 0.25) is 0 Å². The van der Waals surface area contributed by atoms with Gasteiger partial charge in [0.2, 0.25) is 0 Å². The van der Waals surface area contributed by atoms with Crippen molar-refractivity contribution in [1.29, 1.82) is 0 Å². The first-order valence-corrected chi connectivity index (χ1v) is 7.74. The molecule has 0 saturated carbocycles. The van der Waals surface area contributed by atoms with Crippen molar-refractivity contribution >= 4 is 21.6 Å². The number of hydrogen-bond acceptors (Lipinski definition) is 3. The second-order valence-corrected chi connectivity index (χ2v) is 6.54. The summed E-state index contributed by atoms with van der Waals surface area (Å²) in [5.41, 5.74) is 8.40. The van der Waals surface area contributed by atoms with E-state index in [9.17, 15) is 0 Å². The Balaban J connectivity index is 2.07. The van der Waals surface area contributed by atoms with E-state index in [2.05, 4.69) is 58.0 Å². The van der Waals surface area contributed by atoms with Gasteiger partial charge in [-0.2, -0.15) is 0 Å². The van der Waals surface area contributed by atoms with E-state index in [0.717, 1.165) is 23.6 Å². The molecule has 19 heavy (non-hydrogen) atoms. The second-order valence-electron chi connectivity index (χ2n) is 5.68. The smallest absolute Gasteiger partial charge is 0.0510 e. The first-order valence-electron chi connectivity index (χ1n) is 6.95. The van der Waals surface area contributed by atoms with Gasteiger partial charge in [-0.25, -0.2) is 0 Å². The Bertz CT molecular complexity index is 423. The SMILES string of the molecule is CC(N)c1ccc(N2CCC(N(C)C)CC2)c(Br)c1. The first kappa shape index (κ1) is 14.8. The van der Waals surface area contributed by atoms with Crippen LogP contribution in [0.25, 0.3) is 0 Å². The van der Waals surface area contributed by atoms with Crippen molar-refractivity contribution in [1.82, 2.24) is 4.90 Å². The zero-order chi connectivity index (χ0) is 14.0. The molecule has 0 bridgehead atoms. The molecule has 0 spiro atoms. The van der Waals surface area contributed by atoms with E-state index >= 15 is 0 Å². The molecule has 1 atom stereocenters. The lowest BCUT2D eigenvalue weighted by molar-refractivity contribution is 0.249. The lowest BCUT2D eigenvalue weighted by Gasteiger charge is -2.37. The molecule has 2 N–H and O–H groups in total. The van der Waals surface area contributed by atoms with Gasteiger partial charge in [-0.15, -0.1) is 0 Å². The van der Waals surface area contributed by atoms with Crippen molar-refractivity contribution in [3.8, 4) is 0 Å². The van der Waals surface area contributed by atoms with Crippen molar-refractivity contribution in [3.63, 3.8) is 0 Å². The van der Waals surface area contributed by atoms with Gasteiger partial charge in [0.05, 0.1) is 5.69 Å². The Morgan fingerprint density at radius 3 is 2.42 bits per heavy atom. The van der Waals surface area contributed by atoms with E-state index < -0.39 is 0 Å². The molecule has 1 heterocycles. The van der Waals surface area contributed by atoms with E-state index in [4.69, 9.17) is 5.73 Å². The molecule has 4 heteroatoms. The Kier molecular flexibility index (Phi) is 4.87. The van der Waals surface area contributed by atoms with E-state index in [1.165, 1.54) is 24.1 Å². The zero-order valence-corrected chi connectivity index (χ0v) is 13.7. The van der Waals surface area contributed by atoms with Crippen molar-refractivity contribution in [2.75, 3.05) is 32.1 Å². The van der Waals surface area contributed by atoms with Crippen molar-refractivity contribution in [3.05, 3.63) is 28.2 Å². The maximum Gasteiger partial charge on any atom is 0.0510 e. The molecule has 1 aliphatic rings. The summed E-state index contributed by atoms with van der Waals surface area (Å²) in [6.07, 6.45) is 2.46. The van der Waals surface area contributed by atoms with Crippen LogP contribution in [0.1, 0.15) is 31.4 Å². The summed E-state index contributed by atoms with van der Waals surface area (Å²) < 4.78 is 1.16. The van der Waals surface area contributed by atoms with E-state index in [-0.39, 0.29) is 6.04 Å². The largest absolute Gasteiger partial charge is 0.371 e. The molecular formula is C15H24BrN3. The molecule has 1 aromatic carbocycles. The molecule has 2 rings (SSSR count). The van der Waals surface area contributed by atoms with Crippen LogP contribution in [-0.4, -0.2) is 38.1 Å². The number of hydrogen-bond donors (Lipinski definition) is 1. The van der Waals surface area contributed by atoms with Crippen molar-refractivity contribution in [2.24, 2.45) is 5.73 Å². The van der Waals surface area contributed by atoms with Gasteiger partial charge in [0.15, 0.2) is 0 Å². The van der Waals surface area contributed by atoms with Crippen LogP contribution in [0.5, 0.6) is 0 Å². The van der Waals surface area contributed by atoms with Crippen LogP contribution in [0.3, 0.4) is 0 Å². The predicted octanol–water partition coefficient (Wildman–Crippen LogP) is 3.00. The zero-order valence-electron chi connectivity index (χ0n) is 12.1. The minimum Gasteiger partial charge on any atom is -0.371 e. The highest BCUT2D eigenvalue weighted by Gasteiger charge is 2.22. The van der Waals surface area contributed by atoms with Gasteiger partial charge in [-0.3, -0.25) is 0 Å². The summed E-state index contributed by atoms with van der Waals surface area (Å²) >= 11 is 3.69. The van der Waals surface area contributed by atoms with Gasteiger partial charge in [-0.05, 0) is 67.5 Å². The van der Waals surface area contributed by atoms with Crippen LogP contribution >= 0.6 is 15.9 Å². The van der Waals surface area contributed by atoms with Crippen molar-refractivity contribution in [2.45, 2.75) is 31.8 Å². The number of benzene rings is 1. The highest BCUT2D eigenvalue weighted by molar-refractivity contribution is 9.10. The molecule has 3 nitrogen and oxygen atoms in total. The Labute approximate surface area is 124 Å². The van der Waals surface area contributed by atoms with Gasteiger partial charge in [-0.1, -0.05) is 6.07 Å². The third-order valence-corrected chi connectivity index (χ3v) is 4.67. The molecule has 106 valence electrons. The second kappa shape index (κ2) is 6.25. The number of nitrogens with zero attached hydrogens (tertiary/aromatic N) is 2. The molecule has 0 aromatic heterocycles. The fourth-order valence-corrected chi connectivity index (χ4v) is 3.33. The molecular weight excluding hydrogens is 302 g/mol. The maximum absolute atomic E-state index is 5.92. The first-order chi connectivity index (χ1) is 8.99. The molecule has 1 aromatic rings. The monoisotopic (exact) mass is 325 g/mol. The van der Waals surface area contributed by atoms with Crippen LogP contribution in [0.15, 0.2) is 22.7 Å². The van der Waals surface area contributed by atoms with Gasteiger partial charge in [0.25, 0.3) is 0 Å². The molecule has 1 aliphatic heterocycles. The lowest BCUT2D eigenvalue weighted by atomic mass is 10.0. The summed E-state index contributed by atoms with van der Waals surface area (Å²) in [6.45, 7) is 4.27. The molecule has 0 aliphatic carbocycles. The summed E-state index contributed by atoms with van der Waals surface area (Å²) in [5, 5.41) is 0. The number of rotatable bonds is 3. The number of nitrogens with two attached hydrogens (primary N) is 1. The highest BCUT2D eigenvalue weighted by Crippen LogP contribution is 2.31. The number of halogens is 1. The van der Waals surface area contributed by atoms with Gasteiger partial charge >= 0.3 is 0 Å². The number of piperidine rings is 1. The Morgan fingerprint density at radius 2 is 1.95 bits per heavy atom. The van der Waals surface area contributed by atoms with E-state index in [1.807, 2.05) is 6.92 Å². The van der Waals surface area contributed by atoms with Crippen LogP contribution < -0.4 is 10.6 Å². The standard InChI is InChI=1S/C15H24BrN3/c1-11(17)12-4-5-15(14(16)10-12)19-8-6-13(7-9-19)18(2)3/h4-5,10-11,13H,6-9,17H2,1-3H3. The Morgan fingerprint density at radius 1 is 1.32 bits per heavy atom. The summed E-state index contributed by atoms with van der Waals surface area (Å²) in [6, 6.07) is 7.29. The Hall–Kier alpha value is -0.580. The third-order valence-electron chi connectivity index (χ3n) is 4.03. The molecule has 1 fully saturated rings. The normalized spacial score (nSPS) is 18.9. The van der Waals surface area contributed by atoms with Crippen LogP contribution in [0, 0.1) is 0 Å². The predicted molar refractivity (Wildman–Crippen MR) is 85.7 cm³/mol. The minimum absolute atomic E-state index is 0.0878. The summed E-state index contributed by atoms with van der Waals surface area (Å²) in [7, 11) is 4.35. The van der Waals surface area contributed by atoms with Gasteiger partial charge < -0.3 is 15.5 Å². The molecule has 1 unspecified atom stereocenters. The van der Waals surface area contributed by atoms with E-state index in [1.54, 1.807) is 0 Å².